The number of amides is 1. The van der Waals surface area contributed by atoms with Crippen LogP contribution in [-0.4, -0.2) is 30.6 Å². The number of hydrogen-bond acceptors (Lipinski definition) is 5. The number of aromatic nitrogens is 1. The second-order valence-corrected chi connectivity index (χ2v) is 5.60. The van der Waals surface area contributed by atoms with E-state index in [-0.39, 0.29) is 20.8 Å². The van der Waals surface area contributed by atoms with Gasteiger partial charge in [-0.1, -0.05) is 34.8 Å². The number of carbonyl (C=O) groups is 2. The molecule has 0 spiro atoms. The lowest BCUT2D eigenvalue weighted by molar-refractivity contribution is -0.119. The van der Waals surface area contributed by atoms with Crippen molar-refractivity contribution in [1.29, 1.82) is 0 Å². The maximum Gasteiger partial charge on any atom is 0.359 e. The first kappa shape index (κ1) is 18.3. The fraction of sp³-hybridized carbons (Fsp3) is 0.133. The van der Waals surface area contributed by atoms with Gasteiger partial charge in [-0.05, 0) is 24.3 Å². The van der Waals surface area contributed by atoms with Crippen LogP contribution in [0.25, 0.3) is 0 Å². The van der Waals surface area contributed by atoms with Crippen molar-refractivity contribution in [2.24, 2.45) is 0 Å². The molecule has 1 aromatic heterocycles. The van der Waals surface area contributed by atoms with Gasteiger partial charge in [-0.25, -0.2) is 9.78 Å². The number of halogens is 3. The van der Waals surface area contributed by atoms with E-state index in [4.69, 9.17) is 44.3 Å². The first-order valence-electron chi connectivity index (χ1n) is 6.53. The maximum absolute atomic E-state index is 11.9. The van der Waals surface area contributed by atoms with Crippen molar-refractivity contribution in [3.8, 4) is 5.75 Å². The molecular formula is C15H11Cl3N2O4. The zero-order chi connectivity index (χ0) is 17.7. The van der Waals surface area contributed by atoms with Crippen LogP contribution >= 0.6 is 34.8 Å². The lowest BCUT2D eigenvalue weighted by atomic mass is 10.3. The minimum Gasteiger partial charge on any atom is -0.497 e. The second-order valence-electron chi connectivity index (χ2n) is 4.44. The van der Waals surface area contributed by atoms with Crippen LogP contribution in [0.5, 0.6) is 5.75 Å². The molecule has 1 heterocycles. The number of anilines is 1. The summed E-state index contributed by atoms with van der Waals surface area (Å²) < 4.78 is 9.87. The topological polar surface area (TPSA) is 77.5 Å². The molecule has 126 valence electrons. The molecule has 1 N–H and O–H groups in total. The Hall–Kier alpha value is -2.02. The Morgan fingerprint density at radius 2 is 1.79 bits per heavy atom. The Labute approximate surface area is 152 Å². The van der Waals surface area contributed by atoms with E-state index in [0.717, 1.165) is 0 Å². The van der Waals surface area contributed by atoms with E-state index in [1.165, 1.54) is 13.3 Å². The molecule has 0 fully saturated rings. The minimum absolute atomic E-state index is 0.0111. The molecule has 0 saturated heterocycles. The monoisotopic (exact) mass is 388 g/mol. The summed E-state index contributed by atoms with van der Waals surface area (Å²) in [4.78, 5) is 27.4. The van der Waals surface area contributed by atoms with Gasteiger partial charge >= 0.3 is 5.97 Å². The van der Waals surface area contributed by atoms with E-state index in [1.807, 2.05) is 0 Å². The van der Waals surface area contributed by atoms with E-state index in [2.05, 4.69) is 10.3 Å². The van der Waals surface area contributed by atoms with Crippen LogP contribution < -0.4 is 10.1 Å². The molecule has 6 nitrogen and oxygen atoms in total. The Morgan fingerprint density at radius 3 is 2.42 bits per heavy atom. The standard InChI is InChI=1S/C15H11Cl3N2O4/c1-23-9-4-2-8(3-5-9)20-11(21)7-24-15(22)14-13(18)12(17)10(16)6-19-14/h2-6H,7H2,1H3,(H,20,21). The fourth-order valence-corrected chi connectivity index (χ4v) is 2.21. The molecule has 0 radical (unpaired) electrons. The van der Waals surface area contributed by atoms with Crippen LogP contribution in [0, 0.1) is 0 Å². The van der Waals surface area contributed by atoms with Gasteiger partial charge in [-0.2, -0.15) is 0 Å². The van der Waals surface area contributed by atoms with Crippen LogP contribution in [0.4, 0.5) is 5.69 Å². The fourth-order valence-electron chi connectivity index (χ4n) is 1.66. The summed E-state index contributed by atoms with van der Waals surface area (Å²) in [6, 6.07) is 6.66. The largest absolute Gasteiger partial charge is 0.497 e. The van der Waals surface area contributed by atoms with Gasteiger partial charge in [-0.15, -0.1) is 0 Å². The van der Waals surface area contributed by atoms with Crippen molar-refractivity contribution in [3.05, 3.63) is 51.2 Å². The van der Waals surface area contributed by atoms with Crippen molar-refractivity contribution in [3.63, 3.8) is 0 Å². The lowest BCUT2D eigenvalue weighted by Gasteiger charge is -2.08. The number of benzene rings is 1. The molecular weight excluding hydrogens is 379 g/mol. The number of carbonyl (C=O) groups excluding carboxylic acids is 2. The van der Waals surface area contributed by atoms with E-state index in [0.29, 0.717) is 11.4 Å². The van der Waals surface area contributed by atoms with E-state index in [1.54, 1.807) is 24.3 Å². The summed E-state index contributed by atoms with van der Waals surface area (Å²) in [7, 11) is 1.54. The molecule has 0 aliphatic heterocycles. The predicted octanol–water partition coefficient (Wildman–Crippen LogP) is 3.85. The van der Waals surface area contributed by atoms with Gasteiger partial charge in [0.1, 0.15) is 5.75 Å². The number of hydrogen-bond donors (Lipinski definition) is 1. The van der Waals surface area contributed by atoms with E-state index >= 15 is 0 Å². The summed E-state index contributed by atoms with van der Waals surface area (Å²) in [5, 5.41) is 2.52. The molecule has 24 heavy (non-hydrogen) atoms. The summed E-state index contributed by atoms with van der Waals surface area (Å²) in [6.07, 6.45) is 1.17. The quantitative estimate of drug-likeness (QED) is 0.786. The summed E-state index contributed by atoms with van der Waals surface area (Å²) in [5.41, 5.74) is 0.311. The maximum atomic E-state index is 11.9. The number of nitrogens with one attached hydrogen (secondary N) is 1. The van der Waals surface area contributed by atoms with E-state index in [9.17, 15) is 9.59 Å². The Balaban J connectivity index is 1.93. The van der Waals surface area contributed by atoms with Gasteiger partial charge in [-0.3, -0.25) is 4.79 Å². The summed E-state index contributed by atoms with van der Waals surface area (Å²) in [5.74, 6) is -0.757. The molecule has 2 aromatic rings. The molecule has 0 aliphatic rings. The average molecular weight is 390 g/mol. The average Bonchev–Trinajstić information content (AvgIpc) is 2.58. The number of esters is 1. The van der Waals surface area contributed by atoms with Crippen molar-refractivity contribution in [1.82, 2.24) is 4.98 Å². The molecule has 0 aliphatic carbocycles. The molecule has 0 saturated carbocycles. The molecule has 2 rings (SSSR count). The van der Waals surface area contributed by atoms with Crippen LogP contribution in [0.1, 0.15) is 10.5 Å². The molecule has 1 amide bonds. The molecule has 9 heteroatoms. The third kappa shape index (κ3) is 4.50. The van der Waals surface area contributed by atoms with Gasteiger partial charge in [0.05, 0.1) is 22.2 Å². The number of rotatable bonds is 5. The Morgan fingerprint density at radius 1 is 1.12 bits per heavy atom. The lowest BCUT2D eigenvalue weighted by Crippen LogP contribution is -2.21. The first-order valence-corrected chi connectivity index (χ1v) is 7.66. The van der Waals surface area contributed by atoms with Crippen LogP contribution in [0.15, 0.2) is 30.5 Å². The number of methoxy groups -OCH3 is 1. The SMILES string of the molecule is COc1ccc(NC(=O)COC(=O)c2ncc(Cl)c(Cl)c2Cl)cc1. The Bertz CT molecular complexity index is 766. The summed E-state index contributed by atoms with van der Waals surface area (Å²) >= 11 is 17.4. The second kappa shape index (κ2) is 8.19. The normalized spacial score (nSPS) is 10.2. The third-order valence-electron chi connectivity index (χ3n) is 2.82. The predicted molar refractivity (Wildman–Crippen MR) is 91.2 cm³/mol. The highest BCUT2D eigenvalue weighted by Crippen LogP contribution is 2.31. The van der Waals surface area contributed by atoms with Gasteiger partial charge in [0.2, 0.25) is 0 Å². The Kier molecular flexibility index (Phi) is 6.25. The highest BCUT2D eigenvalue weighted by molar-refractivity contribution is 6.48. The minimum atomic E-state index is -0.886. The molecule has 0 unspecified atom stereocenters. The van der Waals surface area contributed by atoms with Gasteiger partial charge in [0.15, 0.2) is 12.3 Å². The zero-order valence-corrected chi connectivity index (χ0v) is 14.6. The summed E-state index contributed by atoms with van der Waals surface area (Å²) in [6.45, 7) is -0.511. The van der Waals surface area contributed by atoms with Gasteiger partial charge < -0.3 is 14.8 Å². The van der Waals surface area contributed by atoms with Crippen molar-refractivity contribution < 1.29 is 19.1 Å². The van der Waals surface area contributed by atoms with Gasteiger partial charge in [0.25, 0.3) is 5.91 Å². The van der Waals surface area contributed by atoms with Crippen molar-refractivity contribution in [2.75, 3.05) is 19.0 Å². The highest BCUT2D eigenvalue weighted by Gasteiger charge is 2.19. The molecule has 0 bridgehead atoms. The van der Waals surface area contributed by atoms with E-state index < -0.39 is 18.5 Å². The highest BCUT2D eigenvalue weighted by atomic mass is 35.5. The number of pyridine rings is 1. The smallest absolute Gasteiger partial charge is 0.359 e. The number of ether oxygens (including phenoxy) is 2. The van der Waals surface area contributed by atoms with Gasteiger partial charge in [0, 0.05) is 11.9 Å². The number of nitrogens with zero attached hydrogens (tertiary/aromatic N) is 1. The third-order valence-corrected chi connectivity index (χ3v) is 4.06. The van der Waals surface area contributed by atoms with Crippen molar-refractivity contribution in [2.45, 2.75) is 0 Å². The molecule has 0 atom stereocenters. The molecule has 1 aromatic carbocycles. The van der Waals surface area contributed by atoms with Crippen LogP contribution in [-0.2, 0) is 9.53 Å². The zero-order valence-electron chi connectivity index (χ0n) is 12.3. The van der Waals surface area contributed by atoms with Crippen LogP contribution in [0.3, 0.4) is 0 Å². The van der Waals surface area contributed by atoms with Crippen molar-refractivity contribution >= 4 is 52.4 Å². The van der Waals surface area contributed by atoms with Crippen LogP contribution in [0.2, 0.25) is 15.1 Å². The first-order chi connectivity index (χ1) is 11.4.